The Morgan fingerprint density at radius 1 is 1.00 bits per heavy atom. The van der Waals surface area contributed by atoms with Gasteiger partial charge in [-0.25, -0.2) is 0 Å². The van der Waals surface area contributed by atoms with Crippen molar-refractivity contribution in [3.05, 3.63) is 44.6 Å². The van der Waals surface area contributed by atoms with E-state index in [1.54, 1.807) is 13.2 Å². The Hall–Kier alpha value is -2.93. The fourth-order valence-corrected chi connectivity index (χ4v) is 5.02. The van der Waals surface area contributed by atoms with Gasteiger partial charge in [0.25, 0.3) is 0 Å². The first-order valence-electron chi connectivity index (χ1n) is 11.9. The van der Waals surface area contributed by atoms with E-state index in [-0.39, 0.29) is 17.1 Å². The Morgan fingerprint density at radius 3 is 2.34 bits per heavy atom. The summed E-state index contributed by atoms with van der Waals surface area (Å²) in [7, 11) is 6.05. The van der Waals surface area contributed by atoms with E-state index in [0.29, 0.717) is 58.2 Å². The van der Waals surface area contributed by atoms with E-state index >= 15 is 0 Å². The molecule has 7 nitrogen and oxygen atoms in total. The third-order valence-electron chi connectivity index (χ3n) is 6.40. The predicted octanol–water partition coefficient (Wildman–Crippen LogP) is 5.48. The van der Waals surface area contributed by atoms with Crippen molar-refractivity contribution in [3.8, 4) is 34.1 Å². The maximum atomic E-state index is 12.9. The van der Waals surface area contributed by atoms with Gasteiger partial charge in [0.05, 0.1) is 39.5 Å². The largest absolute Gasteiger partial charge is 0.493 e. The molecule has 1 aliphatic carbocycles. The number of carbonyl (C=O) groups excluding carboxylic acids is 1. The first-order chi connectivity index (χ1) is 16.9. The summed E-state index contributed by atoms with van der Waals surface area (Å²) >= 11 is 6.82. The number of fused-ring (bicyclic) bond motifs is 3. The molecule has 0 saturated carbocycles. The molecule has 1 aliphatic rings. The molecule has 0 aliphatic heterocycles. The summed E-state index contributed by atoms with van der Waals surface area (Å²) in [5, 5.41) is 3.57. The molecule has 0 saturated heterocycles. The Balaban J connectivity index is 2.21. The molecular weight excluding hydrogens is 470 g/mol. The normalized spacial score (nSPS) is 14.3. The molecular formula is C27H34ClNO6. The van der Waals surface area contributed by atoms with Crippen molar-refractivity contribution >= 4 is 17.5 Å². The zero-order chi connectivity index (χ0) is 25.5. The highest BCUT2D eigenvalue weighted by Gasteiger charge is 2.32. The van der Waals surface area contributed by atoms with Crippen LogP contribution in [0.15, 0.2) is 23.0 Å². The first-order valence-corrected chi connectivity index (χ1v) is 12.3. The summed E-state index contributed by atoms with van der Waals surface area (Å²) in [4.78, 5) is 25.8. The number of amides is 1. The lowest BCUT2D eigenvalue weighted by molar-refractivity contribution is -0.122. The molecule has 0 unspecified atom stereocenters. The second-order valence-electron chi connectivity index (χ2n) is 8.52. The number of rotatable bonds is 10. The quantitative estimate of drug-likeness (QED) is 0.432. The number of unbranched alkanes of at least 4 members (excludes halogenated alkanes) is 3. The molecule has 35 heavy (non-hydrogen) atoms. The van der Waals surface area contributed by atoms with Crippen molar-refractivity contribution in [2.45, 2.75) is 57.9 Å². The van der Waals surface area contributed by atoms with Crippen LogP contribution in [0.3, 0.4) is 0 Å². The smallest absolute Gasteiger partial charge is 0.220 e. The van der Waals surface area contributed by atoms with Gasteiger partial charge >= 0.3 is 0 Å². The third kappa shape index (κ3) is 5.50. The van der Waals surface area contributed by atoms with Crippen LogP contribution in [0.1, 0.15) is 62.6 Å². The molecule has 8 heteroatoms. The van der Waals surface area contributed by atoms with Gasteiger partial charge in [-0.2, -0.15) is 0 Å². The lowest BCUT2D eigenvalue weighted by atomic mass is 9.95. The lowest BCUT2D eigenvalue weighted by Crippen LogP contribution is -2.28. The van der Waals surface area contributed by atoms with E-state index in [2.05, 4.69) is 12.2 Å². The molecule has 0 bridgehead atoms. The maximum Gasteiger partial charge on any atom is 0.220 e. The van der Waals surface area contributed by atoms with Gasteiger partial charge in [-0.1, -0.05) is 43.9 Å². The van der Waals surface area contributed by atoms with Crippen molar-refractivity contribution < 1.29 is 23.7 Å². The number of methoxy groups -OCH3 is 4. The number of ether oxygens (including phenoxy) is 4. The van der Waals surface area contributed by atoms with Crippen LogP contribution in [-0.2, 0) is 11.2 Å². The SMILES string of the molecule is CCCCCCC(=O)N[C@H]1CCc2c(Cl)c(OC)c(OC)c(OC)c2-c2ccc(OC)c(=O)cc21. The standard InChI is InChI=1S/C27H34ClNO6/c1-6-7-8-9-10-22(31)29-19-13-11-17-23(16-12-14-21(32-2)20(30)15-18(16)19)25(33-3)27(35-5)26(34-4)24(17)28/h12,14-15,19H,6-11,13H2,1-5H3,(H,29,31)/t19-/m0/s1. The number of hydrogen-bond acceptors (Lipinski definition) is 6. The van der Waals surface area contributed by atoms with Crippen LogP contribution in [0.2, 0.25) is 5.02 Å². The van der Waals surface area contributed by atoms with Gasteiger partial charge in [0.1, 0.15) is 0 Å². The van der Waals surface area contributed by atoms with Crippen molar-refractivity contribution in [2.24, 2.45) is 0 Å². The Labute approximate surface area is 211 Å². The van der Waals surface area contributed by atoms with E-state index in [4.69, 9.17) is 30.5 Å². The average Bonchev–Trinajstić information content (AvgIpc) is 3.10. The molecule has 2 aromatic carbocycles. The fourth-order valence-electron chi connectivity index (χ4n) is 4.67. The highest BCUT2D eigenvalue weighted by atomic mass is 35.5. The van der Waals surface area contributed by atoms with Gasteiger partial charge in [0.2, 0.25) is 17.1 Å². The predicted molar refractivity (Wildman–Crippen MR) is 137 cm³/mol. The first kappa shape index (κ1) is 26.7. The van der Waals surface area contributed by atoms with Crippen molar-refractivity contribution in [2.75, 3.05) is 28.4 Å². The number of benzene rings is 1. The summed E-state index contributed by atoms with van der Waals surface area (Å²) in [6, 6.07) is 4.59. The lowest BCUT2D eigenvalue weighted by Gasteiger charge is -2.21. The molecule has 1 N–H and O–H groups in total. The minimum absolute atomic E-state index is 0.0397. The summed E-state index contributed by atoms with van der Waals surface area (Å²) in [6.45, 7) is 2.14. The molecule has 0 heterocycles. The van der Waals surface area contributed by atoms with Crippen LogP contribution in [0.5, 0.6) is 23.0 Å². The maximum absolute atomic E-state index is 12.9. The Bertz CT molecular complexity index is 1130. The van der Waals surface area contributed by atoms with Crippen LogP contribution in [0.25, 0.3) is 11.1 Å². The van der Waals surface area contributed by atoms with E-state index in [9.17, 15) is 9.59 Å². The monoisotopic (exact) mass is 503 g/mol. The highest BCUT2D eigenvalue weighted by Crippen LogP contribution is 2.54. The minimum Gasteiger partial charge on any atom is -0.493 e. The number of hydrogen-bond donors (Lipinski definition) is 1. The van der Waals surface area contributed by atoms with Crippen LogP contribution in [0.4, 0.5) is 0 Å². The summed E-state index contributed by atoms with van der Waals surface area (Å²) < 4.78 is 22.3. The molecule has 0 aromatic heterocycles. The molecule has 1 amide bonds. The molecule has 0 radical (unpaired) electrons. The van der Waals surface area contributed by atoms with E-state index in [1.807, 2.05) is 6.07 Å². The van der Waals surface area contributed by atoms with Gasteiger partial charge in [0, 0.05) is 12.0 Å². The van der Waals surface area contributed by atoms with Crippen molar-refractivity contribution in [1.82, 2.24) is 5.32 Å². The van der Waals surface area contributed by atoms with E-state index < -0.39 is 6.04 Å². The van der Waals surface area contributed by atoms with Crippen LogP contribution < -0.4 is 29.7 Å². The second-order valence-corrected chi connectivity index (χ2v) is 8.89. The van der Waals surface area contributed by atoms with Gasteiger partial charge in [0.15, 0.2) is 17.2 Å². The number of carbonyl (C=O) groups is 1. The topological polar surface area (TPSA) is 83.1 Å². The summed E-state index contributed by atoms with van der Waals surface area (Å²) in [5.41, 5.74) is 2.64. The molecule has 190 valence electrons. The minimum atomic E-state index is -0.390. The molecule has 0 fully saturated rings. The Morgan fingerprint density at radius 2 is 1.71 bits per heavy atom. The zero-order valence-electron chi connectivity index (χ0n) is 21.1. The van der Waals surface area contributed by atoms with E-state index in [0.717, 1.165) is 31.2 Å². The van der Waals surface area contributed by atoms with Gasteiger partial charge < -0.3 is 24.3 Å². The fraction of sp³-hybridized carbons (Fsp3) is 0.481. The number of halogens is 1. The molecule has 2 aromatic rings. The van der Waals surface area contributed by atoms with Crippen molar-refractivity contribution in [3.63, 3.8) is 0 Å². The van der Waals surface area contributed by atoms with Crippen molar-refractivity contribution in [1.29, 1.82) is 0 Å². The van der Waals surface area contributed by atoms with Crippen LogP contribution in [0, 0.1) is 0 Å². The van der Waals surface area contributed by atoms with Crippen LogP contribution >= 0.6 is 11.6 Å². The van der Waals surface area contributed by atoms with Crippen LogP contribution in [-0.4, -0.2) is 34.3 Å². The second kappa shape index (κ2) is 12.2. The Kier molecular flexibility index (Phi) is 9.26. The number of nitrogens with one attached hydrogen (secondary N) is 1. The third-order valence-corrected chi connectivity index (χ3v) is 6.80. The summed E-state index contributed by atoms with van der Waals surface area (Å²) in [6.07, 6.45) is 5.58. The van der Waals surface area contributed by atoms with Gasteiger partial charge in [-0.3, -0.25) is 9.59 Å². The highest BCUT2D eigenvalue weighted by molar-refractivity contribution is 6.34. The average molecular weight is 504 g/mol. The summed E-state index contributed by atoms with van der Waals surface area (Å²) in [5.74, 6) is 1.36. The van der Waals surface area contributed by atoms with Gasteiger partial charge in [-0.15, -0.1) is 0 Å². The molecule has 3 rings (SSSR count). The molecule has 1 atom stereocenters. The molecule has 0 spiro atoms. The zero-order valence-corrected chi connectivity index (χ0v) is 21.8. The van der Waals surface area contributed by atoms with Gasteiger partial charge in [-0.05, 0) is 48.1 Å². The van der Waals surface area contributed by atoms with E-state index in [1.165, 1.54) is 27.4 Å².